The lowest BCUT2D eigenvalue weighted by Crippen LogP contribution is -2.57. The number of hydrogen-bond donors (Lipinski definition) is 4. The molecule has 1 aromatic carbocycles. The summed E-state index contributed by atoms with van der Waals surface area (Å²) in [6.07, 6.45) is -5.04. The van der Waals surface area contributed by atoms with Crippen LogP contribution in [0, 0.1) is 0 Å². The van der Waals surface area contributed by atoms with Crippen molar-refractivity contribution in [1.82, 2.24) is 0 Å². The van der Waals surface area contributed by atoms with E-state index < -0.39 is 44.5 Å². The van der Waals surface area contributed by atoms with Gasteiger partial charge in [-0.2, -0.15) is 0 Å². The van der Waals surface area contributed by atoms with E-state index in [0.717, 1.165) is 17.8 Å². The average molecular weight is 417 g/mol. The summed E-state index contributed by atoms with van der Waals surface area (Å²) in [5.41, 5.74) is -0.418. The molecule has 5 atom stereocenters. The van der Waals surface area contributed by atoms with Crippen molar-refractivity contribution in [2.24, 2.45) is 0 Å². The minimum absolute atomic E-state index is 0.377. The van der Waals surface area contributed by atoms with E-state index in [1.807, 2.05) is 0 Å². The maximum atomic E-state index is 12.1. The standard InChI is InChI=1S/C18H28O7SSi/c1-27(2,3)9-8-24-17(23)11-4-6-12(7-5-11)26-18-16(22)15(21)14(20)13(10-19)25-18/h4-7,13-16,18-22H,8-10H2,1-3H3/t13-,14-,15+,16-,18+/m1/s1. The third-order valence-corrected chi connectivity index (χ3v) is 7.15. The molecule has 1 fully saturated rings. The minimum Gasteiger partial charge on any atom is -0.462 e. The Morgan fingerprint density at radius 1 is 1.11 bits per heavy atom. The van der Waals surface area contributed by atoms with E-state index >= 15 is 0 Å². The van der Waals surface area contributed by atoms with E-state index in [1.165, 1.54) is 0 Å². The second kappa shape index (κ2) is 9.51. The first-order chi connectivity index (χ1) is 12.6. The molecule has 0 saturated carbocycles. The molecule has 152 valence electrons. The van der Waals surface area contributed by atoms with Gasteiger partial charge in [-0.15, -0.1) is 0 Å². The zero-order valence-corrected chi connectivity index (χ0v) is 17.6. The summed E-state index contributed by atoms with van der Waals surface area (Å²) in [7, 11) is -1.26. The van der Waals surface area contributed by atoms with Crippen LogP contribution in [0.1, 0.15) is 10.4 Å². The molecule has 1 aromatic rings. The van der Waals surface area contributed by atoms with Crippen LogP contribution in [0.5, 0.6) is 0 Å². The van der Waals surface area contributed by atoms with Crippen molar-refractivity contribution in [3.63, 3.8) is 0 Å². The Labute approximate surface area is 164 Å². The Balaban J connectivity index is 1.94. The first-order valence-electron chi connectivity index (χ1n) is 8.87. The number of ether oxygens (including phenoxy) is 2. The summed E-state index contributed by atoms with van der Waals surface area (Å²) in [4.78, 5) is 12.8. The molecule has 1 aliphatic heterocycles. The number of rotatable bonds is 7. The van der Waals surface area contributed by atoms with E-state index in [1.54, 1.807) is 24.3 Å². The molecule has 0 radical (unpaired) electrons. The number of esters is 1. The molecule has 7 nitrogen and oxygen atoms in total. The van der Waals surface area contributed by atoms with E-state index in [-0.39, 0.29) is 5.97 Å². The van der Waals surface area contributed by atoms with Gasteiger partial charge in [0.2, 0.25) is 0 Å². The lowest BCUT2D eigenvalue weighted by atomic mass is 10.0. The van der Waals surface area contributed by atoms with Gasteiger partial charge in [-0.05, 0) is 30.3 Å². The smallest absolute Gasteiger partial charge is 0.338 e. The molecule has 1 heterocycles. The lowest BCUT2D eigenvalue weighted by Gasteiger charge is -2.39. The third-order valence-electron chi connectivity index (χ3n) is 4.28. The third kappa shape index (κ3) is 6.28. The lowest BCUT2D eigenvalue weighted by molar-refractivity contribution is -0.205. The van der Waals surface area contributed by atoms with Gasteiger partial charge in [-0.3, -0.25) is 0 Å². The fourth-order valence-corrected chi connectivity index (χ4v) is 4.28. The Morgan fingerprint density at radius 3 is 2.30 bits per heavy atom. The second-order valence-corrected chi connectivity index (χ2v) is 14.6. The number of aliphatic hydroxyl groups excluding tert-OH is 4. The molecular weight excluding hydrogens is 388 g/mol. The molecule has 0 aliphatic carbocycles. The van der Waals surface area contributed by atoms with Gasteiger partial charge >= 0.3 is 5.97 Å². The van der Waals surface area contributed by atoms with Crippen molar-refractivity contribution in [3.8, 4) is 0 Å². The van der Waals surface area contributed by atoms with E-state index in [2.05, 4.69) is 19.6 Å². The molecule has 4 N–H and O–H groups in total. The van der Waals surface area contributed by atoms with Crippen LogP contribution in [0.4, 0.5) is 0 Å². The number of carbonyl (C=O) groups excluding carboxylic acids is 1. The fourth-order valence-electron chi connectivity index (χ4n) is 2.50. The van der Waals surface area contributed by atoms with Gasteiger partial charge in [0, 0.05) is 13.0 Å². The highest BCUT2D eigenvalue weighted by molar-refractivity contribution is 7.99. The quantitative estimate of drug-likeness (QED) is 0.385. The number of aliphatic hydroxyl groups is 4. The minimum atomic E-state index is -1.41. The number of carbonyl (C=O) groups is 1. The highest BCUT2D eigenvalue weighted by Gasteiger charge is 2.43. The van der Waals surface area contributed by atoms with Crippen molar-refractivity contribution >= 4 is 25.8 Å². The van der Waals surface area contributed by atoms with Crippen molar-refractivity contribution in [3.05, 3.63) is 29.8 Å². The predicted octanol–water partition coefficient (Wildman–Crippen LogP) is 1.07. The van der Waals surface area contributed by atoms with Crippen molar-refractivity contribution < 1.29 is 34.7 Å². The molecular formula is C18H28O7SSi. The summed E-state index contributed by atoms with van der Waals surface area (Å²) >= 11 is 1.14. The number of benzene rings is 1. The van der Waals surface area contributed by atoms with Crippen molar-refractivity contribution in [2.45, 2.75) is 60.4 Å². The van der Waals surface area contributed by atoms with Gasteiger partial charge in [-0.25, -0.2) is 4.79 Å². The highest BCUT2D eigenvalue weighted by Crippen LogP contribution is 2.33. The fraction of sp³-hybridized carbons (Fsp3) is 0.611. The first kappa shape index (κ1) is 22.3. The van der Waals surface area contributed by atoms with Gasteiger partial charge < -0.3 is 29.9 Å². The number of thioether (sulfide) groups is 1. The van der Waals surface area contributed by atoms with Crippen LogP contribution < -0.4 is 0 Å². The Hall–Kier alpha value is -0.943. The summed E-state index contributed by atoms with van der Waals surface area (Å²) in [5.74, 6) is -0.377. The SMILES string of the molecule is C[Si](C)(C)CCOC(=O)c1ccc(S[C@@H]2O[C@H](CO)[C@@H](O)[C@H](O)[C@H]2O)cc1. The molecule has 2 rings (SSSR count). The van der Waals surface area contributed by atoms with Crippen LogP contribution in [0.3, 0.4) is 0 Å². The summed E-state index contributed by atoms with van der Waals surface area (Å²) in [6, 6.07) is 7.55. The molecule has 9 heteroatoms. The van der Waals surface area contributed by atoms with E-state index in [9.17, 15) is 25.2 Å². The zero-order valence-electron chi connectivity index (χ0n) is 15.7. The average Bonchev–Trinajstić information content (AvgIpc) is 2.61. The molecule has 0 spiro atoms. The van der Waals surface area contributed by atoms with Crippen LogP contribution in [0.25, 0.3) is 0 Å². The summed E-state index contributed by atoms with van der Waals surface area (Å²) < 4.78 is 10.8. The largest absolute Gasteiger partial charge is 0.462 e. The Morgan fingerprint density at radius 2 is 1.74 bits per heavy atom. The van der Waals surface area contributed by atoms with Crippen LogP contribution in [0.2, 0.25) is 25.7 Å². The van der Waals surface area contributed by atoms with Crippen LogP contribution in [-0.4, -0.2) is 77.5 Å². The van der Waals surface area contributed by atoms with Crippen LogP contribution in [0.15, 0.2) is 29.2 Å². The van der Waals surface area contributed by atoms with Gasteiger partial charge in [-0.1, -0.05) is 31.4 Å². The van der Waals surface area contributed by atoms with Crippen molar-refractivity contribution in [2.75, 3.05) is 13.2 Å². The van der Waals surface area contributed by atoms with Crippen LogP contribution in [-0.2, 0) is 9.47 Å². The zero-order chi connectivity index (χ0) is 20.2. The predicted molar refractivity (Wildman–Crippen MR) is 105 cm³/mol. The molecule has 1 aliphatic rings. The monoisotopic (exact) mass is 416 g/mol. The van der Waals surface area contributed by atoms with E-state index in [0.29, 0.717) is 17.1 Å². The molecule has 1 saturated heterocycles. The summed E-state index contributed by atoms with van der Waals surface area (Å²) in [5, 5.41) is 39.0. The van der Waals surface area contributed by atoms with Gasteiger partial charge in [0.05, 0.1) is 18.8 Å². The normalized spacial score (nSPS) is 28.8. The van der Waals surface area contributed by atoms with Crippen LogP contribution >= 0.6 is 11.8 Å². The molecule has 0 unspecified atom stereocenters. The maximum absolute atomic E-state index is 12.1. The molecule has 0 bridgehead atoms. The molecule has 0 amide bonds. The topological polar surface area (TPSA) is 116 Å². The van der Waals surface area contributed by atoms with Gasteiger partial charge in [0.25, 0.3) is 0 Å². The van der Waals surface area contributed by atoms with E-state index in [4.69, 9.17) is 9.47 Å². The van der Waals surface area contributed by atoms with Crippen molar-refractivity contribution in [1.29, 1.82) is 0 Å². The number of hydrogen-bond acceptors (Lipinski definition) is 8. The molecule has 27 heavy (non-hydrogen) atoms. The Kier molecular flexibility index (Phi) is 7.87. The Bertz CT molecular complexity index is 617. The summed E-state index contributed by atoms with van der Waals surface area (Å²) in [6.45, 7) is 6.59. The highest BCUT2D eigenvalue weighted by atomic mass is 32.2. The second-order valence-electron chi connectivity index (χ2n) is 7.79. The first-order valence-corrected chi connectivity index (χ1v) is 13.5. The maximum Gasteiger partial charge on any atom is 0.338 e. The van der Waals surface area contributed by atoms with Gasteiger partial charge in [0.15, 0.2) is 0 Å². The molecule has 0 aromatic heterocycles. The van der Waals surface area contributed by atoms with Gasteiger partial charge in [0.1, 0.15) is 29.9 Å².